The Labute approximate surface area is 227 Å². The largest absolute Gasteiger partial charge is 0.308 e. The Morgan fingerprint density at radius 2 is 0.923 bits per heavy atom. The fourth-order valence-corrected chi connectivity index (χ4v) is 7.44. The van der Waals surface area contributed by atoms with Crippen LogP contribution < -0.4 is 0 Å². The molecule has 0 unspecified atom stereocenters. The molecule has 0 bridgehead atoms. The molecule has 0 saturated heterocycles. The summed E-state index contributed by atoms with van der Waals surface area (Å²) < 4.78 is 7.16. The van der Waals surface area contributed by atoms with Gasteiger partial charge in [0.2, 0.25) is 0 Å². The number of hydrogen-bond acceptors (Lipinski definition) is 2. The van der Waals surface area contributed by atoms with E-state index in [2.05, 4.69) is 137 Å². The Morgan fingerprint density at radius 1 is 0.436 bits per heavy atom. The van der Waals surface area contributed by atoms with Crippen molar-refractivity contribution in [2.45, 2.75) is 0 Å². The van der Waals surface area contributed by atoms with E-state index in [1.165, 1.54) is 64.1 Å². The Kier molecular flexibility index (Phi) is 4.21. The second-order valence-electron chi connectivity index (χ2n) is 10.0. The third kappa shape index (κ3) is 2.84. The molecule has 9 aromatic rings. The van der Waals surface area contributed by atoms with E-state index in [4.69, 9.17) is 4.98 Å². The number of benzene rings is 5. The van der Waals surface area contributed by atoms with Crippen LogP contribution in [0.4, 0.5) is 0 Å². The molecule has 0 fully saturated rings. The summed E-state index contributed by atoms with van der Waals surface area (Å²) in [4.78, 5) is 5.32. The van der Waals surface area contributed by atoms with E-state index in [-0.39, 0.29) is 0 Å². The molecule has 0 N–H and O–H groups in total. The third-order valence-corrected chi connectivity index (χ3v) is 9.12. The van der Waals surface area contributed by atoms with Crippen LogP contribution in [0, 0.1) is 0 Å². The molecule has 3 nitrogen and oxygen atoms in total. The summed E-state index contributed by atoms with van der Waals surface area (Å²) in [5.74, 6) is 0.946. The van der Waals surface area contributed by atoms with Crippen LogP contribution in [0.25, 0.3) is 75.4 Å². The highest BCUT2D eigenvalue weighted by Gasteiger charge is 2.18. The van der Waals surface area contributed by atoms with Gasteiger partial charge in [0.15, 0.2) is 0 Å². The average molecular weight is 516 g/mol. The lowest BCUT2D eigenvalue weighted by atomic mass is 10.2. The first-order valence-corrected chi connectivity index (χ1v) is 14.0. The molecule has 182 valence electrons. The van der Waals surface area contributed by atoms with Gasteiger partial charge < -0.3 is 4.57 Å². The molecule has 0 aliphatic heterocycles. The number of fused-ring (bicyclic) bond motifs is 9. The van der Waals surface area contributed by atoms with E-state index in [0.717, 1.165) is 11.3 Å². The number of rotatable bonds is 2. The molecule has 4 heteroatoms. The zero-order valence-corrected chi connectivity index (χ0v) is 21.7. The number of thiophene rings is 1. The number of hydrogen-bond donors (Lipinski definition) is 0. The topological polar surface area (TPSA) is 22.8 Å². The smallest absolute Gasteiger partial charge is 0.138 e. The molecule has 0 atom stereocenters. The van der Waals surface area contributed by atoms with Crippen LogP contribution in [-0.2, 0) is 0 Å². The normalized spacial score (nSPS) is 12.1. The van der Waals surface area contributed by atoms with E-state index in [1.54, 1.807) is 0 Å². The molecule has 0 radical (unpaired) electrons. The van der Waals surface area contributed by atoms with Crippen LogP contribution in [0.1, 0.15) is 0 Å². The quantitative estimate of drug-likeness (QED) is 0.225. The zero-order chi connectivity index (χ0) is 25.5. The van der Waals surface area contributed by atoms with Crippen molar-refractivity contribution in [1.82, 2.24) is 14.1 Å². The number of para-hydroxylation sites is 4. The summed E-state index contributed by atoms with van der Waals surface area (Å²) in [5.41, 5.74) is 7.06. The first-order chi connectivity index (χ1) is 19.4. The van der Waals surface area contributed by atoms with E-state index in [1.807, 2.05) is 11.3 Å². The second kappa shape index (κ2) is 7.79. The molecular weight excluding hydrogens is 494 g/mol. The highest BCUT2D eigenvalue weighted by atomic mass is 32.1. The fraction of sp³-hybridized carbons (Fsp3) is 0. The summed E-state index contributed by atoms with van der Waals surface area (Å²) in [6, 6.07) is 45.6. The van der Waals surface area contributed by atoms with E-state index < -0.39 is 0 Å². The first kappa shape index (κ1) is 21.1. The summed E-state index contributed by atoms with van der Waals surface area (Å²) in [5, 5.41) is 6.24. The van der Waals surface area contributed by atoms with Gasteiger partial charge in [0, 0.05) is 26.9 Å². The van der Waals surface area contributed by atoms with Gasteiger partial charge >= 0.3 is 0 Å². The van der Waals surface area contributed by atoms with Gasteiger partial charge in [-0.05, 0) is 42.5 Å². The van der Waals surface area contributed by atoms with Gasteiger partial charge in [0.25, 0.3) is 0 Å². The molecule has 39 heavy (non-hydrogen) atoms. The monoisotopic (exact) mass is 515 g/mol. The maximum absolute atomic E-state index is 5.32. The van der Waals surface area contributed by atoms with Crippen molar-refractivity contribution < 1.29 is 0 Å². The van der Waals surface area contributed by atoms with E-state index >= 15 is 0 Å². The van der Waals surface area contributed by atoms with Crippen molar-refractivity contribution in [2.75, 3.05) is 0 Å². The lowest BCUT2D eigenvalue weighted by Gasteiger charge is -2.09. The zero-order valence-electron chi connectivity index (χ0n) is 20.9. The van der Waals surface area contributed by atoms with Gasteiger partial charge in [-0.15, -0.1) is 11.3 Å². The van der Waals surface area contributed by atoms with Gasteiger partial charge in [-0.3, -0.25) is 4.57 Å². The van der Waals surface area contributed by atoms with Gasteiger partial charge in [-0.25, -0.2) is 4.98 Å². The molecular formula is C35H21N3S. The molecule has 5 aromatic carbocycles. The lowest BCUT2D eigenvalue weighted by Crippen LogP contribution is -1.97. The van der Waals surface area contributed by atoms with Crippen molar-refractivity contribution in [1.29, 1.82) is 0 Å². The Bertz CT molecular complexity index is 2300. The third-order valence-electron chi connectivity index (χ3n) is 7.94. The van der Waals surface area contributed by atoms with Crippen LogP contribution in [-0.4, -0.2) is 14.1 Å². The van der Waals surface area contributed by atoms with Crippen molar-refractivity contribution in [3.8, 4) is 11.5 Å². The predicted octanol–water partition coefficient (Wildman–Crippen LogP) is 9.64. The maximum atomic E-state index is 5.32. The minimum absolute atomic E-state index is 0.946. The van der Waals surface area contributed by atoms with Gasteiger partial charge in [0.05, 0.1) is 42.7 Å². The van der Waals surface area contributed by atoms with Crippen LogP contribution in [0.5, 0.6) is 0 Å². The second-order valence-corrected chi connectivity index (χ2v) is 11.1. The minimum atomic E-state index is 0.946. The van der Waals surface area contributed by atoms with Gasteiger partial charge in [-0.2, -0.15) is 0 Å². The Morgan fingerprint density at radius 3 is 1.49 bits per heavy atom. The van der Waals surface area contributed by atoms with Gasteiger partial charge in [-0.1, -0.05) is 84.9 Å². The number of nitrogens with zero attached hydrogens (tertiary/aromatic N) is 3. The van der Waals surface area contributed by atoms with Crippen molar-refractivity contribution >= 4 is 75.3 Å². The van der Waals surface area contributed by atoms with Crippen LogP contribution >= 0.6 is 11.3 Å². The standard InChI is InChI=1S/C35H21N3S/c1-5-15-27-22(10-1)23-11-2-6-16-28(23)37(27)31-19-9-14-26-34-32(39-35(26)31)20-21-33(36-34)38-29-17-7-3-12-24(29)25-13-4-8-18-30(25)38/h1-21H. The highest BCUT2D eigenvalue weighted by molar-refractivity contribution is 7.26. The average Bonchev–Trinajstić information content (AvgIpc) is 3.65. The fourth-order valence-electron chi connectivity index (χ4n) is 6.29. The Hall–Kier alpha value is -4.93. The molecule has 9 rings (SSSR count). The molecule has 0 spiro atoms. The molecule has 0 aliphatic carbocycles. The summed E-state index contributed by atoms with van der Waals surface area (Å²) in [6.45, 7) is 0. The Balaban J connectivity index is 1.34. The number of aromatic nitrogens is 3. The van der Waals surface area contributed by atoms with Crippen molar-refractivity contribution in [2.24, 2.45) is 0 Å². The van der Waals surface area contributed by atoms with Crippen LogP contribution in [0.3, 0.4) is 0 Å². The SMILES string of the molecule is c1cc(-n2c3ccccc3c3ccccc32)c2sc3ccc(-n4c5ccccc5c5ccccc54)nc3c2c1. The number of pyridine rings is 1. The lowest BCUT2D eigenvalue weighted by molar-refractivity contribution is 1.10. The molecule has 0 aliphatic rings. The van der Waals surface area contributed by atoms with E-state index in [0.29, 0.717) is 0 Å². The molecule has 0 amide bonds. The predicted molar refractivity (Wildman–Crippen MR) is 166 cm³/mol. The summed E-state index contributed by atoms with van der Waals surface area (Å²) in [6.07, 6.45) is 0. The van der Waals surface area contributed by atoms with Crippen LogP contribution in [0.15, 0.2) is 127 Å². The molecule has 0 saturated carbocycles. The van der Waals surface area contributed by atoms with Crippen molar-refractivity contribution in [3.05, 3.63) is 127 Å². The maximum Gasteiger partial charge on any atom is 0.138 e. The molecule has 4 aromatic heterocycles. The highest BCUT2D eigenvalue weighted by Crippen LogP contribution is 2.41. The van der Waals surface area contributed by atoms with E-state index in [9.17, 15) is 0 Å². The first-order valence-electron chi connectivity index (χ1n) is 13.2. The van der Waals surface area contributed by atoms with Crippen LogP contribution in [0.2, 0.25) is 0 Å². The minimum Gasteiger partial charge on any atom is -0.308 e. The van der Waals surface area contributed by atoms with Crippen molar-refractivity contribution in [3.63, 3.8) is 0 Å². The molecule has 4 heterocycles. The van der Waals surface area contributed by atoms with Gasteiger partial charge in [0.1, 0.15) is 5.82 Å². The summed E-state index contributed by atoms with van der Waals surface area (Å²) >= 11 is 1.82. The summed E-state index contributed by atoms with van der Waals surface area (Å²) in [7, 11) is 0.